The minimum absolute atomic E-state index is 0.0277. The smallest absolute Gasteiger partial charge is 0.227 e. The van der Waals surface area contributed by atoms with Crippen molar-refractivity contribution in [3.63, 3.8) is 0 Å². The van der Waals surface area contributed by atoms with Gasteiger partial charge in [-0.05, 0) is 30.2 Å². The number of aryl methyl sites for hydroxylation is 1. The van der Waals surface area contributed by atoms with Crippen LogP contribution in [0.25, 0.3) is 20.6 Å². The van der Waals surface area contributed by atoms with Crippen LogP contribution in [0.1, 0.15) is 27.5 Å². The number of rotatable bonds is 5. The lowest BCUT2D eigenvalue weighted by Crippen LogP contribution is -2.31. The number of thiazole rings is 1. The van der Waals surface area contributed by atoms with Crippen LogP contribution >= 0.6 is 22.7 Å². The van der Waals surface area contributed by atoms with Gasteiger partial charge < -0.3 is 14.2 Å². The van der Waals surface area contributed by atoms with Crippen LogP contribution in [0.3, 0.4) is 0 Å². The molecule has 1 fully saturated rings. The highest BCUT2D eigenvalue weighted by Gasteiger charge is 2.31. The van der Waals surface area contributed by atoms with Crippen LogP contribution in [0.5, 0.6) is 0 Å². The van der Waals surface area contributed by atoms with E-state index in [1.807, 2.05) is 31.2 Å². The molecule has 3 aromatic heterocycles. The van der Waals surface area contributed by atoms with Gasteiger partial charge >= 0.3 is 0 Å². The molecule has 0 spiro atoms. The minimum Gasteiger partial charge on any atom is -0.441 e. The Morgan fingerprint density at radius 3 is 2.84 bits per heavy atom. The molecule has 0 saturated carbocycles. The highest BCUT2D eigenvalue weighted by molar-refractivity contribution is 7.29. The fourth-order valence-electron chi connectivity index (χ4n) is 3.97. The lowest BCUT2D eigenvalue weighted by atomic mass is 10.1. The first-order valence-electron chi connectivity index (χ1n) is 10.1. The second-order valence-corrected chi connectivity index (χ2v) is 10.1. The second-order valence-electron chi connectivity index (χ2n) is 8.08. The summed E-state index contributed by atoms with van der Waals surface area (Å²) in [6, 6.07) is 7.63. The molecule has 0 N–H and O–H groups in total. The molecule has 4 heterocycles. The number of aromatic nitrogens is 2. The number of carbonyl (C=O) groups excluding carboxylic acids is 2. The summed E-state index contributed by atoms with van der Waals surface area (Å²) in [6.45, 7) is 3.35. The number of anilines is 1. The van der Waals surface area contributed by atoms with Crippen molar-refractivity contribution in [3.05, 3.63) is 40.6 Å². The minimum atomic E-state index is 0.0277. The molecule has 1 amide bonds. The Bertz CT molecular complexity index is 1270. The number of amides is 1. The van der Waals surface area contributed by atoms with Gasteiger partial charge in [-0.25, -0.2) is 9.97 Å². The van der Waals surface area contributed by atoms with E-state index in [1.165, 1.54) is 11.3 Å². The zero-order chi connectivity index (χ0) is 21.7. The Balaban J connectivity index is 1.30. The van der Waals surface area contributed by atoms with E-state index in [4.69, 9.17) is 9.40 Å². The number of ketones is 1. The van der Waals surface area contributed by atoms with E-state index >= 15 is 0 Å². The number of Topliss-reactive ketones (excluding diaryl/α,β-unsaturated/α-hetero) is 1. The Morgan fingerprint density at radius 2 is 2.06 bits per heavy atom. The molecule has 0 unspecified atom stereocenters. The molecule has 0 aliphatic carbocycles. The lowest BCUT2D eigenvalue weighted by molar-refractivity contribution is -0.132. The van der Waals surface area contributed by atoms with Crippen LogP contribution in [-0.4, -0.2) is 53.7 Å². The van der Waals surface area contributed by atoms with Gasteiger partial charge in [-0.1, -0.05) is 17.4 Å². The molecule has 0 bridgehead atoms. The number of carbonyl (C=O) groups is 2. The number of hydrogen-bond acceptors (Lipinski definition) is 8. The van der Waals surface area contributed by atoms with Crippen LogP contribution in [0.15, 0.2) is 28.7 Å². The largest absolute Gasteiger partial charge is 0.441 e. The Kier molecular flexibility index (Phi) is 5.02. The highest BCUT2D eigenvalue weighted by atomic mass is 32.1. The van der Waals surface area contributed by atoms with Crippen molar-refractivity contribution < 1.29 is 14.0 Å². The average Bonchev–Trinajstić information content (AvgIpc) is 3.48. The number of fused-ring (bicyclic) bond motifs is 2. The maximum atomic E-state index is 12.8. The van der Waals surface area contributed by atoms with Crippen molar-refractivity contribution in [3.8, 4) is 0 Å². The van der Waals surface area contributed by atoms with Crippen LogP contribution in [0, 0.1) is 12.8 Å². The van der Waals surface area contributed by atoms with E-state index in [-0.39, 0.29) is 17.6 Å². The zero-order valence-electron chi connectivity index (χ0n) is 17.5. The fourth-order valence-corrected chi connectivity index (χ4v) is 6.15. The van der Waals surface area contributed by atoms with Crippen LogP contribution in [0.4, 0.5) is 5.13 Å². The normalized spacial score (nSPS) is 16.5. The molecule has 31 heavy (non-hydrogen) atoms. The number of oxazole rings is 1. The van der Waals surface area contributed by atoms with Gasteiger partial charge in [0.25, 0.3) is 0 Å². The van der Waals surface area contributed by atoms with Gasteiger partial charge in [0.2, 0.25) is 5.91 Å². The van der Waals surface area contributed by atoms with Gasteiger partial charge in [0.05, 0.1) is 15.5 Å². The molecule has 7 nitrogen and oxygen atoms in total. The molecule has 1 aliphatic rings. The van der Waals surface area contributed by atoms with E-state index in [0.29, 0.717) is 18.9 Å². The summed E-state index contributed by atoms with van der Waals surface area (Å²) in [7, 11) is 3.60. The molecule has 5 rings (SSSR count). The first-order valence-corrected chi connectivity index (χ1v) is 11.8. The van der Waals surface area contributed by atoms with Gasteiger partial charge in [-0.15, -0.1) is 11.3 Å². The molecule has 0 radical (unpaired) electrons. The molecule has 160 valence electrons. The van der Waals surface area contributed by atoms with Gasteiger partial charge in [-0.3, -0.25) is 9.59 Å². The van der Waals surface area contributed by atoms with Crippen molar-refractivity contribution in [1.29, 1.82) is 0 Å². The predicted octanol–water partition coefficient (Wildman–Crippen LogP) is 4.15. The topological polar surface area (TPSA) is 79.5 Å². The van der Waals surface area contributed by atoms with Crippen molar-refractivity contribution in [2.24, 2.45) is 5.92 Å². The number of benzene rings is 1. The first-order chi connectivity index (χ1) is 14.9. The summed E-state index contributed by atoms with van der Waals surface area (Å²) in [5, 5.41) is 0.932. The van der Waals surface area contributed by atoms with E-state index < -0.39 is 0 Å². The molecule has 1 aliphatic heterocycles. The molecule has 1 atom stereocenters. The molecule has 9 heteroatoms. The summed E-state index contributed by atoms with van der Waals surface area (Å²) in [5.41, 5.74) is 2.43. The van der Waals surface area contributed by atoms with E-state index in [9.17, 15) is 9.59 Å². The van der Waals surface area contributed by atoms with Gasteiger partial charge in [0.15, 0.2) is 22.4 Å². The van der Waals surface area contributed by atoms with E-state index in [0.717, 1.165) is 49.2 Å². The summed E-state index contributed by atoms with van der Waals surface area (Å²) in [4.78, 5) is 39.6. The summed E-state index contributed by atoms with van der Waals surface area (Å²) >= 11 is 3.03. The number of thiophene rings is 1. The molecule has 4 aromatic rings. The third-order valence-corrected chi connectivity index (χ3v) is 7.79. The Morgan fingerprint density at radius 1 is 1.23 bits per heavy atom. The number of hydrogen-bond donors (Lipinski definition) is 0. The monoisotopic (exact) mass is 454 g/mol. The molecule has 1 aromatic carbocycles. The third kappa shape index (κ3) is 3.83. The Hall–Kier alpha value is -2.78. The van der Waals surface area contributed by atoms with Crippen LogP contribution in [-0.2, 0) is 11.2 Å². The summed E-state index contributed by atoms with van der Waals surface area (Å²) < 4.78 is 6.52. The van der Waals surface area contributed by atoms with Crippen LogP contribution in [0.2, 0.25) is 0 Å². The van der Waals surface area contributed by atoms with Crippen LogP contribution < -0.4 is 4.90 Å². The fraction of sp³-hybridized carbons (Fsp3) is 0.364. The molecular weight excluding hydrogens is 432 g/mol. The Labute approximate surface area is 187 Å². The van der Waals surface area contributed by atoms with Crippen molar-refractivity contribution in [2.45, 2.75) is 19.8 Å². The van der Waals surface area contributed by atoms with Crippen molar-refractivity contribution in [1.82, 2.24) is 14.9 Å². The van der Waals surface area contributed by atoms with Gasteiger partial charge in [-0.2, -0.15) is 0 Å². The summed E-state index contributed by atoms with van der Waals surface area (Å²) in [5.74, 6) is 0.899. The molecular formula is C22H22N4O3S2. The summed E-state index contributed by atoms with van der Waals surface area (Å²) in [6.07, 6.45) is 1.17. The van der Waals surface area contributed by atoms with Crippen molar-refractivity contribution in [2.75, 3.05) is 32.1 Å². The number of nitrogens with zero attached hydrogens (tertiary/aromatic N) is 4. The zero-order valence-corrected chi connectivity index (χ0v) is 19.2. The maximum Gasteiger partial charge on any atom is 0.227 e. The maximum absolute atomic E-state index is 12.8. The molecule has 1 saturated heterocycles. The predicted molar refractivity (Wildman–Crippen MR) is 123 cm³/mol. The third-order valence-electron chi connectivity index (χ3n) is 5.53. The van der Waals surface area contributed by atoms with Crippen molar-refractivity contribution >= 4 is 60.1 Å². The first kappa shape index (κ1) is 20.1. The lowest BCUT2D eigenvalue weighted by Gasteiger charge is -2.17. The second kappa shape index (κ2) is 7.72. The van der Waals surface area contributed by atoms with E-state index in [1.54, 1.807) is 30.3 Å². The van der Waals surface area contributed by atoms with Gasteiger partial charge in [0.1, 0.15) is 10.3 Å². The highest BCUT2D eigenvalue weighted by Crippen LogP contribution is 2.37. The SMILES string of the molecule is Cc1nc2cc(CC(=O)c3cc4sc(N5CC[C@H](C(=O)N(C)C)C5)nc4s3)ccc2o1. The average molecular weight is 455 g/mol. The standard InChI is InChI=1S/C22H22N4O3S2/c1-12-23-15-8-13(4-5-17(15)29-12)9-16(27)18-10-19-20(30-18)24-22(31-19)26-7-6-14(11-26)21(28)25(2)3/h4-5,8,10,14H,6-7,9,11H2,1-3H3/t14-/m0/s1. The van der Waals surface area contributed by atoms with Gasteiger partial charge in [0, 0.05) is 40.5 Å². The van der Waals surface area contributed by atoms with E-state index in [2.05, 4.69) is 9.88 Å². The quantitative estimate of drug-likeness (QED) is 0.422.